The van der Waals surface area contributed by atoms with E-state index >= 15 is 0 Å². The van der Waals surface area contributed by atoms with Crippen molar-refractivity contribution >= 4 is 21.6 Å². The van der Waals surface area contributed by atoms with E-state index in [1.165, 1.54) is 4.90 Å². The lowest BCUT2D eigenvalue weighted by molar-refractivity contribution is 1.14. The number of pyridine rings is 1. The first kappa shape index (κ1) is 9.62. The molecule has 0 fully saturated rings. The van der Waals surface area contributed by atoms with Gasteiger partial charge in [0.1, 0.15) is 5.03 Å². The molecule has 1 aromatic heterocycles. The van der Waals surface area contributed by atoms with Crippen LogP contribution in [0.5, 0.6) is 0 Å². The van der Waals surface area contributed by atoms with Gasteiger partial charge in [-0.1, -0.05) is 35.1 Å². The van der Waals surface area contributed by atoms with Crippen molar-refractivity contribution in [2.24, 2.45) is 0 Å². The van der Waals surface area contributed by atoms with Gasteiger partial charge in [0.15, 0.2) is 0 Å². The molecule has 0 amide bonds. The van der Waals surface area contributed by atoms with Crippen LogP contribution in [0.4, 0.5) is 0 Å². The van der Waals surface area contributed by atoms with E-state index in [1.54, 1.807) is 21.6 Å². The molecule has 1 nitrogen and oxygen atoms in total. The van der Waals surface area contributed by atoms with Crippen molar-refractivity contribution < 1.29 is 0 Å². The van der Waals surface area contributed by atoms with Crippen LogP contribution in [-0.4, -0.2) is 4.98 Å². The third-order valence-electron chi connectivity index (χ3n) is 1.60. The molecule has 2 rings (SSSR count). The molecule has 70 valence electrons. The summed E-state index contributed by atoms with van der Waals surface area (Å²) in [6.45, 7) is 0. The van der Waals surface area contributed by atoms with Crippen molar-refractivity contribution in [3.05, 3.63) is 54.7 Å². The lowest BCUT2D eigenvalue weighted by atomic mass is 10.4. The number of hydrogen-bond donors (Lipinski definition) is 0. The van der Waals surface area contributed by atoms with Gasteiger partial charge in [0.2, 0.25) is 0 Å². The molecule has 0 unspecified atom stereocenters. The molecule has 0 aliphatic rings. The van der Waals surface area contributed by atoms with Gasteiger partial charge >= 0.3 is 0 Å². The summed E-state index contributed by atoms with van der Waals surface area (Å²) in [7, 11) is 3.41. The van der Waals surface area contributed by atoms with Gasteiger partial charge in [-0.25, -0.2) is 4.98 Å². The molecule has 0 atom stereocenters. The lowest BCUT2D eigenvalue weighted by Gasteiger charge is -1.98. The minimum Gasteiger partial charge on any atom is -0.249 e. The second kappa shape index (κ2) is 5.08. The third kappa shape index (κ3) is 2.79. The van der Waals surface area contributed by atoms with Crippen molar-refractivity contribution in [1.82, 2.24) is 4.98 Å². The Morgan fingerprint density at radius 1 is 0.786 bits per heavy atom. The normalized spacial score (nSPS) is 10.0. The van der Waals surface area contributed by atoms with Crippen molar-refractivity contribution in [3.8, 4) is 0 Å². The second-order valence-corrected chi connectivity index (χ2v) is 4.87. The first-order valence-corrected chi connectivity index (χ1v) is 6.41. The van der Waals surface area contributed by atoms with Crippen molar-refractivity contribution in [1.29, 1.82) is 0 Å². The maximum absolute atomic E-state index is 4.24. The number of rotatable bonds is 3. The third-order valence-corrected chi connectivity index (χ3v) is 3.90. The Kier molecular flexibility index (Phi) is 3.49. The van der Waals surface area contributed by atoms with Crippen LogP contribution in [0.15, 0.2) is 64.6 Å². The number of hydrogen-bond acceptors (Lipinski definition) is 3. The average molecular weight is 219 g/mol. The van der Waals surface area contributed by atoms with Gasteiger partial charge in [-0.2, -0.15) is 0 Å². The highest BCUT2D eigenvalue weighted by atomic mass is 33.1. The largest absolute Gasteiger partial charge is 0.249 e. The second-order valence-electron chi connectivity index (χ2n) is 2.65. The predicted octanol–water partition coefficient (Wildman–Crippen LogP) is 3.88. The highest BCUT2D eigenvalue weighted by Gasteiger charge is 1.95. The van der Waals surface area contributed by atoms with E-state index in [2.05, 4.69) is 17.1 Å². The monoisotopic (exact) mass is 219 g/mol. The summed E-state index contributed by atoms with van der Waals surface area (Å²) in [5.74, 6) is 0. The summed E-state index contributed by atoms with van der Waals surface area (Å²) in [6, 6.07) is 16.2. The van der Waals surface area contributed by atoms with Gasteiger partial charge in [-0.05, 0) is 35.1 Å². The van der Waals surface area contributed by atoms with Crippen LogP contribution in [0, 0.1) is 0 Å². The lowest BCUT2D eigenvalue weighted by Crippen LogP contribution is -1.73. The topological polar surface area (TPSA) is 12.9 Å². The first-order chi connectivity index (χ1) is 6.95. The molecule has 1 heterocycles. The van der Waals surface area contributed by atoms with Crippen molar-refractivity contribution in [2.45, 2.75) is 9.92 Å². The van der Waals surface area contributed by atoms with E-state index in [0.717, 1.165) is 5.03 Å². The van der Waals surface area contributed by atoms with E-state index in [1.807, 2.05) is 42.6 Å². The zero-order valence-electron chi connectivity index (χ0n) is 7.46. The summed E-state index contributed by atoms with van der Waals surface area (Å²) in [6.07, 6.45) is 1.81. The number of benzene rings is 1. The molecule has 0 N–H and O–H groups in total. The highest BCUT2D eigenvalue weighted by molar-refractivity contribution is 8.76. The average Bonchev–Trinajstić information content (AvgIpc) is 2.29. The molecule has 0 aliphatic carbocycles. The van der Waals surface area contributed by atoms with E-state index in [0.29, 0.717) is 0 Å². The zero-order valence-corrected chi connectivity index (χ0v) is 9.09. The van der Waals surface area contributed by atoms with E-state index in [9.17, 15) is 0 Å². The Balaban J connectivity index is 1.96. The Hall–Kier alpha value is -0.930. The van der Waals surface area contributed by atoms with E-state index < -0.39 is 0 Å². The fraction of sp³-hybridized carbons (Fsp3) is 0. The Morgan fingerprint density at radius 3 is 2.29 bits per heavy atom. The summed E-state index contributed by atoms with van der Waals surface area (Å²) >= 11 is 0. The van der Waals surface area contributed by atoms with Gasteiger partial charge in [0, 0.05) is 11.1 Å². The quantitative estimate of drug-likeness (QED) is 0.727. The molecule has 14 heavy (non-hydrogen) atoms. The minimum atomic E-state index is 1.04. The summed E-state index contributed by atoms with van der Waals surface area (Å²) in [5.41, 5.74) is 0. The summed E-state index contributed by atoms with van der Waals surface area (Å²) in [4.78, 5) is 5.49. The number of nitrogens with zero attached hydrogens (tertiary/aromatic N) is 1. The Labute approximate surface area is 91.4 Å². The smallest absolute Gasteiger partial charge is 0.107 e. The first-order valence-electron chi connectivity index (χ1n) is 4.26. The predicted molar refractivity (Wildman–Crippen MR) is 62.4 cm³/mol. The molecule has 0 saturated carbocycles. The summed E-state index contributed by atoms with van der Waals surface area (Å²) in [5, 5.41) is 1.04. The van der Waals surface area contributed by atoms with Crippen LogP contribution in [0.1, 0.15) is 0 Å². The summed E-state index contributed by atoms with van der Waals surface area (Å²) < 4.78 is 0. The van der Waals surface area contributed by atoms with Gasteiger partial charge < -0.3 is 0 Å². The van der Waals surface area contributed by atoms with Gasteiger partial charge in [0.25, 0.3) is 0 Å². The van der Waals surface area contributed by atoms with Crippen LogP contribution >= 0.6 is 21.6 Å². The minimum absolute atomic E-state index is 1.04. The molecule has 0 saturated heterocycles. The molecule has 0 aliphatic heterocycles. The van der Waals surface area contributed by atoms with Crippen LogP contribution in [0.25, 0.3) is 0 Å². The van der Waals surface area contributed by atoms with E-state index in [4.69, 9.17) is 0 Å². The fourth-order valence-electron chi connectivity index (χ4n) is 0.963. The van der Waals surface area contributed by atoms with Crippen molar-refractivity contribution in [3.63, 3.8) is 0 Å². The molecule has 0 bridgehead atoms. The molecular formula is C11H9NS2. The van der Waals surface area contributed by atoms with Crippen LogP contribution < -0.4 is 0 Å². The molecule has 1 aromatic carbocycles. The Bertz CT molecular complexity index is 336. The standard InChI is InChI=1S/C11H9NS2/c1-2-6-10(7-3-1)13-14-11-8-4-5-9-12-11/h1-9H. The van der Waals surface area contributed by atoms with Gasteiger partial charge in [-0.3, -0.25) is 0 Å². The van der Waals surface area contributed by atoms with E-state index in [-0.39, 0.29) is 0 Å². The zero-order chi connectivity index (χ0) is 9.64. The molecular weight excluding hydrogens is 210 g/mol. The SMILES string of the molecule is c1ccc(SSc2ccccn2)cc1. The Morgan fingerprint density at radius 2 is 1.57 bits per heavy atom. The molecule has 3 heteroatoms. The number of aromatic nitrogens is 1. The van der Waals surface area contributed by atoms with Crippen LogP contribution in [0.2, 0.25) is 0 Å². The molecule has 0 radical (unpaired) electrons. The molecule has 2 aromatic rings. The van der Waals surface area contributed by atoms with Crippen molar-refractivity contribution in [2.75, 3.05) is 0 Å². The van der Waals surface area contributed by atoms with Gasteiger partial charge in [0.05, 0.1) is 0 Å². The highest BCUT2D eigenvalue weighted by Crippen LogP contribution is 2.35. The maximum Gasteiger partial charge on any atom is 0.107 e. The van der Waals surface area contributed by atoms with Crippen LogP contribution in [0.3, 0.4) is 0 Å². The molecule has 0 spiro atoms. The fourth-order valence-corrected chi connectivity index (χ4v) is 2.83. The maximum atomic E-state index is 4.24. The van der Waals surface area contributed by atoms with Gasteiger partial charge in [-0.15, -0.1) is 0 Å². The van der Waals surface area contributed by atoms with Crippen LogP contribution in [-0.2, 0) is 0 Å².